The van der Waals surface area contributed by atoms with Crippen LogP contribution < -0.4 is 24.8 Å². The third-order valence-corrected chi connectivity index (χ3v) is 13.1. The number of carbonyl (C=O) groups is 4. The summed E-state index contributed by atoms with van der Waals surface area (Å²) < 4.78 is 38.9. The summed E-state index contributed by atoms with van der Waals surface area (Å²) in [4.78, 5) is 64.8. The Kier molecular flexibility index (Phi) is 9.92. The third-order valence-electron chi connectivity index (χ3n) is 10.9. The topological polar surface area (TPSA) is 206 Å². The monoisotopic (exact) mass is 726 g/mol. The van der Waals surface area contributed by atoms with E-state index < -0.39 is 68.2 Å². The minimum atomic E-state index is -4.00. The van der Waals surface area contributed by atoms with Crippen molar-refractivity contribution in [1.82, 2.24) is 30.2 Å². The van der Waals surface area contributed by atoms with Gasteiger partial charge < -0.3 is 30.1 Å². The highest BCUT2D eigenvalue weighted by atomic mass is 32.2. The molecule has 15 nitrogen and oxygen atoms in total. The van der Waals surface area contributed by atoms with Crippen LogP contribution in [-0.4, -0.2) is 94.3 Å². The van der Waals surface area contributed by atoms with Gasteiger partial charge in [-0.25, -0.2) is 23.2 Å². The number of aromatic nitrogens is 2. The number of amides is 4. The zero-order chi connectivity index (χ0) is 36.7. The normalized spacial score (nSPS) is 31.2. The average Bonchev–Trinajstić information content (AvgIpc) is 3.97. The maximum absolute atomic E-state index is 14.4. The summed E-state index contributed by atoms with van der Waals surface area (Å²) in [5.74, 6) is -2.04. The number of benzene rings is 1. The molecule has 276 valence electrons. The highest BCUT2D eigenvalue weighted by Crippen LogP contribution is 2.47. The van der Waals surface area contributed by atoms with Crippen LogP contribution in [0.2, 0.25) is 0 Å². The molecule has 16 heteroatoms. The van der Waals surface area contributed by atoms with Crippen molar-refractivity contribution in [3.8, 4) is 11.6 Å². The second kappa shape index (κ2) is 13.9. The Morgan fingerprint density at radius 3 is 2.63 bits per heavy atom. The number of hydrogen-bond acceptors (Lipinski definition) is 10. The first-order chi connectivity index (χ1) is 24.2. The van der Waals surface area contributed by atoms with E-state index in [1.807, 2.05) is 26.0 Å². The molecule has 2 aromatic rings. The number of fused-ring (bicyclic) bond motifs is 3. The lowest BCUT2D eigenvalue weighted by Gasteiger charge is -2.33. The van der Waals surface area contributed by atoms with Crippen molar-refractivity contribution >= 4 is 44.9 Å². The van der Waals surface area contributed by atoms with Gasteiger partial charge in [-0.3, -0.25) is 19.1 Å². The van der Waals surface area contributed by atoms with E-state index in [0.717, 1.165) is 6.42 Å². The number of nitrogens with zero attached hydrogens (tertiary/aromatic N) is 3. The van der Waals surface area contributed by atoms with Crippen LogP contribution in [0.3, 0.4) is 0 Å². The number of carbonyl (C=O) groups excluding carboxylic acids is 3. The van der Waals surface area contributed by atoms with Gasteiger partial charge in [-0.2, -0.15) is 0 Å². The van der Waals surface area contributed by atoms with Crippen molar-refractivity contribution in [3.63, 3.8) is 0 Å². The Morgan fingerprint density at radius 2 is 1.94 bits per heavy atom. The highest BCUT2D eigenvalue weighted by molar-refractivity contribution is 7.91. The summed E-state index contributed by atoms with van der Waals surface area (Å²) in [6.45, 7) is 5.44. The van der Waals surface area contributed by atoms with Crippen molar-refractivity contribution < 1.29 is 42.2 Å². The number of methoxy groups -OCH3 is 1. The van der Waals surface area contributed by atoms with Crippen LogP contribution in [0.25, 0.3) is 11.0 Å². The smallest absolute Gasteiger partial charge is 0.405 e. The number of allylic oxidation sites excluding steroid dienone is 1. The first-order valence-electron chi connectivity index (χ1n) is 17.5. The van der Waals surface area contributed by atoms with Crippen molar-refractivity contribution in [2.75, 3.05) is 13.7 Å². The van der Waals surface area contributed by atoms with E-state index >= 15 is 0 Å². The Morgan fingerprint density at radius 1 is 1.18 bits per heavy atom. The molecular formula is C35H46N6O9S. The zero-order valence-electron chi connectivity index (χ0n) is 29.3. The van der Waals surface area contributed by atoms with Crippen molar-refractivity contribution in [1.29, 1.82) is 0 Å². The molecule has 4 N–H and O–H groups in total. The van der Waals surface area contributed by atoms with Gasteiger partial charge in [0.15, 0.2) is 0 Å². The Balaban J connectivity index is 1.33. The highest BCUT2D eigenvalue weighted by Gasteiger charge is 2.63. The number of carboxylic acid groups (broad SMARTS) is 1. The molecule has 2 aliphatic carbocycles. The van der Waals surface area contributed by atoms with Gasteiger partial charge in [0, 0.05) is 18.4 Å². The molecule has 2 saturated carbocycles. The van der Waals surface area contributed by atoms with Crippen molar-refractivity contribution in [2.24, 2.45) is 17.8 Å². The molecule has 0 spiro atoms. The van der Waals surface area contributed by atoms with Gasteiger partial charge in [0.25, 0.3) is 5.91 Å². The van der Waals surface area contributed by atoms with Gasteiger partial charge in [0.1, 0.15) is 29.5 Å². The number of sulfonamides is 1. The molecule has 1 aromatic carbocycles. The molecule has 2 unspecified atom stereocenters. The minimum Gasteiger partial charge on any atom is -0.497 e. The third kappa shape index (κ3) is 7.46. The number of rotatable bonds is 8. The van der Waals surface area contributed by atoms with E-state index in [0.29, 0.717) is 48.9 Å². The van der Waals surface area contributed by atoms with E-state index in [2.05, 4.69) is 25.3 Å². The number of ether oxygens (including phenoxy) is 2. The number of hydrogen-bond donors (Lipinski definition) is 4. The summed E-state index contributed by atoms with van der Waals surface area (Å²) in [6, 6.07) is 2.90. The molecule has 6 rings (SSSR count). The molecule has 3 fully saturated rings. The fourth-order valence-corrected chi connectivity index (χ4v) is 8.59. The summed E-state index contributed by atoms with van der Waals surface area (Å²) in [5, 5.41) is 15.1. The average molecular weight is 727 g/mol. The molecule has 2 aliphatic heterocycles. The Bertz CT molecular complexity index is 1850. The summed E-state index contributed by atoms with van der Waals surface area (Å²) in [5.41, 5.74) is -0.428. The van der Waals surface area contributed by atoms with Crippen molar-refractivity contribution in [2.45, 2.75) is 101 Å². The predicted octanol–water partition coefficient (Wildman–Crippen LogP) is 2.90. The zero-order valence-corrected chi connectivity index (χ0v) is 30.1. The standard InChI is InChI=1S/C35H46N6O9S/c1-5-21-14-20(2)8-6-7-9-22-17-35(22,32(44)40-51(47,48)34(3)12-13-34)39-30(42)27-16-24(19-41(27)31(43)29(21)38-33(45)46)50-28-18-36-25-11-10-23(49-4)15-26(25)37-28/h7,9-11,15,18,20-22,24,27,29,38H,5-6,8,12-14,16-17,19H2,1-4H3,(H,39,42)(H,40,44)(H,45,46)/b9-7-/t20-,21-,22?,24-,27+,29+,35?/m1/s1. The molecule has 4 amide bonds. The predicted molar refractivity (Wildman–Crippen MR) is 185 cm³/mol. The van der Waals surface area contributed by atoms with E-state index in [4.69, 9.17) is 9.47 Å². The summed E-state index contributed by atoms with van der Waals surface area (Å²) in [7, 11) is -2.46. The molecule has 3 heterocycles. The minimum absolute atomic E-state index is 0.00301. The molecule has 4 aliphatic rings. The molecule has 1 saturated heterocycles. The number of nitrogens with one attached hydrogen (secondary N) is 3. The molecule has 0 bridgehead atoms. The second-order valence-corrected chi connectivity index (χ2v) is 16.8. The van der Waals surface area contributed by atoms with Gasteiger partial charge in [-0.15, -0.1) is 0 Å². The van der Waals surface area contributed by atoms with E-state index in [1.165, 1.54) is 18.2 Å². The fraction of sp³-hybridized carbons (Fsp3) is 0.600. The second-order valence-electron chi connectivity index (χ2n) is 14.6. The van der Waals surface area contributed by atoms with Gasteiger partial charge in [0.05, 0.1) is 35.6 Å². The maximum Gasteiger partial charge on any atom is 0.405 e. The molecular weight excluding hydrogens is 680 g/mol. The SMILES string of the molecule is CC[C@@H]1C[C@H](C)CC/C=C\C2CC2(C(=O)NS(=O)(=O)C2(C)CC2)NC(=O)[C@@H]2C[C@@H](Oc3cnc4ccc(OC)cc4n3)CN2C(=O)[C@H]1NC(=O)O. The van der Waals surface area contributed by atoms with Crippen LogP contribution >= 0.6 is 0 Å². The fourth-order valence-electron chi connectivity index (χ4n) is 7.28. The van der Waals surface area contributed by atoms with Crippen LogP contribution in [0.4, 0.5) is 4.79 Å². The van der Waals surface area contributed by atoms with Gasteiger partial charge in [-0.05, 0) is 69.4 Å². The Hall–Kier alpha value is -4.47. The van der Waals surface area contributed by atoms with Crippen LogP contribution in [0, 0.1) is 17.8 Å². The van der Waals surface area contributed by atoms with Gasteiger partial charge in [0.2, 0.25) is 27.7 Å². The molecule has 1 aromatic heterocycles. The van der Waals surface area contributed by atoms with E-state index in [1.54, 1.807) is 25.1 Å². The first-order valence-corrected chi connectivity index (χ1v) is 19.0. The van der Waals surface area contributed by atoms with Gasteiger partial charge in [-0.1, -0.05) is 32.4 Å². The van der Waals surface area contributed by atoms with E-state index in [9.17, 15) is 32.7 Å². The lowest BCUT2D eigenvalue weighted by atomic mass is 9.85. The van der Waals surface area contributed by atoms with Gasteiger partial charge >= 0.3 is 6.09 Å². The Labute approximate surface area is 297 Å². The van der Waals surface area contributed by atoms with Crippen LogP contribution in [-0.2, 0) is 24.4 Å². The molecule has 0 radical (unpaired) electrons. The van der Waals surface area contributed by atoms with E-state index in [-0.39, 0.29) is 37.1 Å². The largest absolute Gasteiger partial charge is 0.497 e. The van der Waals surface area contributed by atoms with Crippen LogP contribution in [0.15, 0.2) is 36.5 Å². The molecule has 51 heavy (non-hydrogen) atoms. The van der Waals surface area contributed by atoms with Crippen molar-refractivity contribution in [3.05, 3.63) is 36.5 Å². The molecule has 7 atom stereocenters. The lowest BCUT2D eigenvalue weighted by Crippen LogP contribution is -2.59. The summed E-state index contributed by atoms with van der Waals surface area (Å²) in [6.07, 6.45) is 6.61. The quantitative estimate of drug-likeness (QED) is 0.291. The summed E-state index contributed by atoms with van der Waals surface area (Å²) >= 11 is 0. The maximum atomic E-state index is 14.4. The first kappa shape index (κ1) is 36.3. The van der Waals surface area contributed by atoms with Crippen LogP contribution in [0.5, 0.6) is 11.6 Å². The lowest BCUT2D eigenvalue weighted by molar-refractivity contribution is -0.142. The van der Waals surface area contributed by atoms with Crippen LogP contribution in [0.1, 0.15) is 72.1 Å².